The molecule has 1 unspecified atom stereocenters. The summed E-state index contributed by atoms with van der Waals surface area (Å²) in [6.07, 6.45) is -0.583. The van der Waals surface area contributed by atoms with Crippen molar-refractivity contribution in [1.82, 2.24) is 4.90 Å². The number of para-hydroxylation sites is 2. The smallest absolute Gasteiger partial charge is 0.268 e. The van der Waals surface area contributed by atoms with Crippen molar-refractivity contribution >= 4 is 28.8 Å². The normalized spacial score (nSPS) is 16.7. The Morgan fingerprint density at radius 2 is 2.09 bits per heavy atom. The van der Waals surface area contributed by atoms with Crippen molar-refractivity contribution in [3.8, 4) is 5.75 Å². The van der Waals surface area contributed by atoms with Gasteiger partial charge in [-0.15, -0.1) is 11.3 Å². The average Bonchev–Trinajstić information content (AvgIpc) is 3.04. The molecule has 0 N–H and O–H groups in total. The number of rotatable bonds is 4. The maximum Gasteiger partial charge on any atom is 0.268 e. The topological polar surface area (TPSA) is 49.9 Å². The highest BCUT2D eigenvalue weighted by molar-refractivity contribution is 7.09. The van der Waals surface area contributed by atoms with E-state index in [2.05, 4.69) is 0 Å². The molecule has 1 aliphatic heterocycles. The predicted molar refractivity (Wildman–Crippen MR) is 89.7 cm³/mol. The second-order valence-corrected chi connectivity index (χ2v) is 6.51. The second-order valence-electron chi connectivity index (χ2n) is 5.48. The lowest BCUT2D eigenvalue weighted by Gasteiger charge is -2.33. The molecule has 0 spiro atoms. The Labute approximate surface area is 139 Å². The number of fused-ring (bicyclic) bond motifs is 1. The molecule has 23 heavy (non-hydrogen) atoms. The number of thiophene rings is 1. The van der Waals surface area contributed by atoms with Crippen LogP contribution in [0.15, 0.2) is 41.8 Å². The minimum Gasteiger partial charge on any atom is -0.479 e. The van der Waals surface area contributed by atoms with E-state index in [1.807, 2.05) is 35.7 Å². The monoisotopic (exact) mass is 330 g/mol. The first kappa shape index (κ1) is 15.6. The zero-order valence-corrected chi connectivity index (χ0v) is 13.9. The van der Waals surface area contributed by atoms with Crippen LogP contribution in [0.2, 0.25) is 0 Å². The van der Waals surface area contributed by atoms with Gasteiger partial charge in [-0.1, -0.05) is 18.2 Å². The van der Waals surface area contributed by atoms with E-state index in [-0.39, 0.29) is 18.4 Å². The van der Waals surface area contributed by atoms with Gasteiger partial charge < -0.3 is 9.64 Å². The van der Waals surface area contributed by atoms with Crippen LogP contribution in [0, 0.1) is 0 Å². The molecule has 0 fully saturated rings. The number of benzene rings is 1. The Morgan fingerprint density at radius 3 is 2.83 bits per heavy atom. The number of amides is 2. The van der Waals surface area contributed by atoms with Crippen molar-refractivity contribution in [3.05, 3.63) is 46.7 Å². The van der Waals surface area contributed by atoms with E-state index in [0.717, 1.165) is 4.88 Å². The van der Waals surface area contributed by atoms with Crippen LogP contribution in [0.5, 0.6) is 5.75 Å². The van der Waals surface area contributed by atoms with Gasteiger partial charge in [-0.25, -0.2) is 0 Å². The number of anilines is 1. The van der Waals surface area contributed by atoms with Gasteiger partial charge in [0.15, 0.2) is 6.10 Å². The first-order valence-electron chi connectivity index (χ1n) is 7.39. The molecule has 2 amide bonds. The van der Waals surface area contributed by atoms with E-state index in [4.69, 9.17) is 4.74 Å². The molecule has 1 aromatic carbocycles. The highest BCUT2D eigenvalue weighted by Gasteiger charge is 2.33. The summed E-state index contributed by atoms with van der Waals surface area (Å²) in [5, 5.41) is 1.98. The Bertz CT molecular complexity index is 714. The zero-order valence-electron chi connectivity index (χ0n) is 13.1. The van der Waals surface area contributed by atoms with Crippen LogP contribution in [0.4, 0.5) is 5.69 Å². The second kappa shape index (κ2) is 6.42. The maximum absolute atomic E-state index is 12.5. The van der Waals surface area contributed by atoms with E-state index < -0.39 is 6.10 Å². The summed E-state index contributed by atoms with van der Waals surface area (Å²) in [6, 6.07) is 11.2. The molecule has 0 aliphatic carbocycles. The van der Waals surface area contributed by atoms with E-state index in [0.29, 0.717) is 18.0 Å². The molecule has 2 aromatic rings. The van der Waals surface area contributed by atoms with Crippen LogP contribution in [-0.4, -0.2) is 36.4 Å². The number of ether oxygens (including phenoxy) is 1. The third-order valence-corrected chi connectivity index (χ3v) is 4.63. The molecule has 0 saturated heterocycles. The largest absolute Gasteiger partial charge is 0.479 e. The molecule has 0 radical (unpaired) electrons. The molecule has 2 heterocycles. The van der Waals surface area contributed by atoms with Crippen LogP contribution >= 0.6 is 11.3 Å². The summed E-state index contributed by atoms with van der Waals surface area (Å²) in [6.45, 7) is 2.27. The van der Waals surface area contributed by atoms with Gasteiger partial charge in [0.05, 0.1) is 12.2 Å². The molecule has 0 bridgehead atoms. The molecule has 120 valence electrons. The summed E-state index contributed by atoms with van der Waals surface area (Å²) < 4.78 is 5.59. The van der Waals surface area contributed by atoms with Gasteiger partial charge in [-0.05, 0) is 30.5 Å². The van der Waals surface area contributed by atoms with Gasteiger partial charge in [0, 0.05) is 11.9 Å². The first-order valence-corrected chi connectivity index (χ1v) is 8.27. The summed E-state index contributed by atoms with van der Waals surface area (Å²) in [7, 11) is 1.75. The van der Waals surface area contributed by atoms with E-state index in [9.17, 15) is 9.59 Å². The van der Waals surface area contributed by atoms with Gasteiger partial charge in [0.25, 0.3) is 5.91 Å². The highest BCUT2D eigenvalue weighted by Crippen LogP contribution is 2.33. The molecule has 1 aromatic heterocycles. The summed E-state index contributed by atoms with van der Waals surface area (Å²) in [5.74, 6) is 0.338. The van der Waals surface area contributed by atoms with Gasteiger partial charge in [0.1, 0.15) is 12.3 Å². The lowest BCUT2D eigenvalue weighted by Crippen LogP contribution is -2.48. The standard InChI is InChI=1S/C17H18N2O3S/c1-12-17(21)19(14-7-3-4-8-15(14)22-12)11-16(20)18(2)10-13-6-5-9-23-13/h3-9,12H,10-11H2,1-2H3. The minimum atomic E-state index is -0.583. The van der Waals surface area contributed by atoms with E-state index in [1.54, 1.807) is 36.3 Å². The van der Waals surface area contributed by atoms with E-state index >= 15 is 0 Å². The van der Waals surface area contributed by atoms with Crippen LogP contribution in [0.25, 0.3) is 0 Å². The van der Waals surface area contributed by atoms with Crippen LogP contribution in [0.3, 0.4) is 0 Å². The van der Waals surface area contributed by atoms with Crippen LogP contribution in [0.1, 0.15) is 11.8 Å². The number of likely N-dealkylation sites (N-methyl/N-ethyl adjacent to an activating group) is 1. The number of nitrogens with zero attached hydrogens (tertiary/aromatic N) is 2. The van der Waals surface area contributed by atoms with Crippen molar-refractivity contribution in [3.63, 3.8) is 0 Å². The van der Waals surface area contributed by atoms with Gasteiger partial charge in [0.2, 0.25) is 5.91 Å². The molecular formula is C17H18N2O3S. The quantitative estimate of drug-likeness (QED) is 0.865. The molecular weight excluding hydrogens is 312 g/mol. The number of hydrogen-bond donors (Lipinski definition) is 0. The molecule has 6 heteroatoms. The molecule has 5 nitrogen and oxygen atoms in total. The highest BCUT2D eigenvalue weighted by atomic mass is 32.1. The Kier molecular flexibility index (Phi) is 4.34. The number of hydrogen-bond acceptors (Lipinski definition) is 4. The fraction of sp³-hybridized carbons (Fsp3) is 0.294. The van der Waals surface area contributed by atoms with Gasteiger partial charge >= 0.3 is 0 Å². The fourth-order valence-corrected chi connectivity index (χ4v) is 3.26. The van der Waals surface area contributed by atoms with Gasteiger partial charge in [-0.2, -0.15) is 0 Å². The summed E-state index contributed by atoms with van der Waals surface area (Å²) >= 11 is 1.61. The lowest BCUT2D eigenvalue weighted by atomic mass is 10.2. The summed E-state index contributed by atoms with van der Waals surface area (Å²) in [5.41, 5.74) is 0.647. The Morgan fingerprint density at radius 1 is 1.30 bits per heavy atom. The fourth-order valence-electron chi connectivity index (χ4n) is 2.50. The summed E-state index contributed by atoms with van der Waals surface area (Å²) in [4.78, 5) is 29.2. The molecule has 1 aliphatic rings. The average molecular weight is 330 g/mol. The van der Waals surface area contributed by atoms with Crippen LogP contribution in [-0.2, 0) is 16.1 Å². The molecule has 1 atom stereocenters. The lowest BCUT2D eigenvalue weighted by molar-refractivity contribution is -0.132. The van der Waals surface area contributed by atoms with Crippen molar-refractivity contribution in [2.45, 2.75) is 19.6 Å². The number of carbonyl (C=O) groups excluding carboxylic acids is 2. The third-order valence-electron chi connectivity index (χ3n) is 3.77. The number of carbonyl (C=O) groups is 2. The molecule has 3 rings (SSSR count). The zero-order chi connectivity index (χ0) is 16.4. The van der Waals surface area contributed by atoms with Crippen molar-refractivity contribution in [2.24, 2.45) is 0 Å². The maximum atomic E-state index is 12.5. The minimum absolute atomic E-state index is 0.0193. The Hall–Kier alpha value is -2.34. The molecule has 0 saturated carbocycles. The van der Waals surface area contributed by atoms with Crippen LogP contribution < -0.4 is 9.64 Å². The predicted octanol–water partition coefficient (Wildman–Crippen LogP) is 2.52. The first-order chi connectivity index (χ1) is 11.1. The SMILES string of the molecule is CC1Oc2ccccc2N(CC(=O)N(C)Cc2cccs2)C1=O. The van der Waals surface area contributed by atoms with Gasteiger partial charge in [-0.3, -0.25) is 14.5 Å². The third kappa shape index (κ3) is 3.22. The Balaban J connectivity index is 1.75. The van der Waals surface area contributed by atoms with Crippen molar-refractivity contribution in [1.29, 1.82) is 0 Å². The van der Waals surface area contributed by atoms with Crippen molar-refractivity contribution in [2.75, 3.05) is 18.5 Å². The van der Waals surface area contributed by atoms with Crippen molar-refractivity contribution < 1.29 is 14.3 Å². The van der Waals surface area contributed by atoms with E-state index in [1.165, 1.54) is 4.90 Å².